The Labute approximate surface area is 111 Å². The molecule has 2 aromatic carbocycles. The van der Waals surface area contributed by atoms with Gasteiger partial charge in [-0.1, -0.05) is 31.2 Å². The average Bonchev–Trinajstić information content (AvgIpc) is 2.41. The number of fused-ring (bicyclic) bond motifs is 1. The highest BCUT2D eigenvalue weighted by Gasteiger charge is 2.20. The number of methoxy groups -OCH3 is 1. The van der Waals surface area contributed by atoms with Crippen molar-refractivity contribution in [3.63, 3.8) is 0 Å². The Bertz CT molecular complexity index is 632. The van der Waals surface area contributed by atoms with Gasteiger partial charge in [0, 0.05) is 23.3 Å². The van der Waals surface area contributed by atoms with Gasteiger partial charge in [-0.05, 0) is 6.42 Å². The Morgan fingerprint density at radius 1 is 1.21 bits per heavy atom. The molecule has 0 aliphatic heterocycles. The number of rotatable bonds is 3. The minimum Gasteiger partial charge on any atom is -0.504 e. The molecule has 0 amide bonds. The monoisotopic (exact) mass is 260 g/mol. The molecule has 0 aliphatic rings. The number of aromatic hydroxyl groups is 1. The minimum absolute atomic E-state index is 0.0749. The van der Waals surface area contributed by atoms with Gasteiger partial charge < -0.3 is 14.6 Å². The maximum absolute atomic E-state index is 11.3. The van der Waals surface area contributed by atoms with Crippen molar-refractivity contribution < 1.29 is 19.4 Å². The molecule has 0 saturated carbocycles. The molecular formula is C15H16O4. The molecule has 0 saturated heterocycles. The normalized spacial score (nSPS) is 10.5. The molecule has 0 heterocycles. The van der Waals surface area contributed by atoms with Crippen LogP contribution in [0, 0.1) is 0 Å². The summed E-state index contributed by atoms with van der Waals surface area (Å²) in [4.78, 5) is 11.3. The molecule has 0 aliphatic carbocycles. The average molecular weight is 260 g/mol. The van der Waals surface area contributed by atoms with Gasteiger partial charge in [-0.3, -0.25) is 4.79 Å². The summed E-state index contributed by atoms with van der Waals surface area (Å²) in [6, 6.07) is 7.22. The minimum atomic E-state index is -0.396. The molecule has 0 fully saturated rings. The fraction of sp³-hybridized carbons (Fsp3) is 0.267. The first-order valence-corrected chi connectivity index (χ1v) is 6.09. The molecule has 2 rings (SSSR count). The molecule has 0 spiro atoms. The van der Waals surface area contributed by atoms with Gasteiger partial charge in [-0.25, -0.2) is 0 Å². The standard InChI is InChI=1S/C15H16O4/c1-4-10-14(19-9(2)16)12-8-6-5-7-11(12)13(17)15(10)18-3/h5-8,17H,4H2,1-3H3. The lowest BCUT2D eigenvalue weighted by Crippen LogP contribution is -2.06. The van der Waals surface area contributed by atoms with Crippen molar-refractivity contribution in [2.45, 2.75) is 20.3 Å². The summed E-state index contributed by atoms with van der Waals surface area (Å²) in [5, 5.41) is 11.6. The predicted molar refractivity (Wildman–Crippen MR) is 72.9 cm³/mol. The van der Waals surface area contributed by atoms with Gasteiger partial charge in [0.15, 0.2) is 11.5 Å². The van der Waals surface area contributed by atoms with Crippen LogP contribution in [0.4, 0.5) is 0 Å². The highest BCUT2D eigenvalue weighted by atomic mass is 16.5. The largest absolute Gasteiger partial charge is 0.504 e. The Morgan fingerprint density at radius 2 is 1.84 bits per heavy atom. The number of esters is 1. The summed E-state index contributed by atoms with van der Waals surface area (Å²) in [7, 11) is 1.49. The topological polar surface area (TPSA) is 55.8 Å². The van der Waals surface area contributed by atoms with Crippen LogP contribution in [-0.4, -0.2) is 18.2 Å². The zero-order valence-electron chi connectivity index (χ0n) is 11.2. The number of hydrogen-bond acceptors (Lipinski definition) is 4. The molecule has 0 bridgehead atoms. The number of phenolic OH excluding ortho intramolecular Hbond substituents is 1. The zero-order valence-corrected chi connectivity index (χ0v) is 11.2. The smallest absolute Gasteiger partial charge is 0.308 e. The van der Waals surface area contributed by atoms with Crippen molar-refractivity contribution >= 4 is 16.7 Å². The molecule has 0 radical (unpaired) electrons. The van der Waals surface area contributed by atoms with Gasteiger partial charge in [-0.2, -0.15) is 0 Å². The van der Waals surface area contributed by atoms with Crippen LogP contribution in [0.3, 0.4) is 0 Å². The summed E-state index contributed by atoms with van der Waals surface area (Å²) < 4.78 is 10.6. The first-order chi connectivity index (χ1) is 9.10. The van der Waals surface area contributed by atoms with Crippen molar-refractivity contribution in [1.29, 1.82) is 0 Å². The molecule has 4 nitrogen and oxygen atoms in total. The van der Waals surface area contributed by atoms with Gasteiger partial charge in [0.25, 0.3) is 0 Å². The first-order valence-electron chi connectivity index (χ1n) is 6.09. The second kappa shape index (κ2) is 5.18. The quantitative estimate of drug-likeness (QED) is 0.680. The second-order valence-corrected chi connectivity index (χ2v) is 4.18. The van der Waals surface area contributed by atoms with Gasteiger partial charge >= 0.3 is 5.97 Å². The number of carbonyl (C=O) groups excluding carboxylic acids is 1. The van der Waals surface area contributed by atoms with E-state index in [1.54, 1.807) is 6.07 Å². The summed E-state index contributed by atoms with van der Waals surface area (Å²) in [6.45, 7) is 3.27. The fourth-order valence-electron chi connectivity index (χ4n) is 2.22. The van der Waals surface area contributed by atoms with Crippen molar-refractivity contribution in [3.05, 3.63) is 29.8 Å². The molecule has 0 atom stereocenters. The Morgan fingerprint density at radius 3 is 2.37 bits per heavy atom. The van der Waals surface area contributed by atoms with E-state index in [1.165, 1.54) is 14.0 Å². The SMILES string of the molecule is CCc1c(OC)c(O)c2ccccc2c1OC(C)=O. The molecule has 100 valence electrons. The summed E-state index contributed by atoms with van der Waals surface area (Å²) >= 11 is 0. The van der Waals surface area contributed by atoms with Crippen molar-refractivity contribution in [1.82, 2.24) is 0 Å². The third-order valence-corrected chi connectivity index (χ3v) is 2.99. The number of carbonyl (C=O) groups is 1. The maximum Gasteiger partial charge on any atom is 0.308 e. The number of ether oxygens (including phenoxy) is 2. The van der Waals surface area contributed by atoms with Crippen LogP contribution in [0.1, 0.15) is 19.4 Å². The zero-order chi connectivity index (χ0) is 14.0. The van der Waals surface area contributed by atoms with Gasteiger partial charge in [0.1, 0.15) is 5.75 Å². The Balaban J connectivity index is 2.87. The second-order valence-electron chi connectivity index (χ2n) is 4.18. The summed E-state index contributed by atoms with van der Waals surface area (Å²) in [5.41, 5.74) is 0.689. The van der Waals surface area contributed by atoms with Crippen molar-refractivity contribution in [2.75, 3.05) is 7.11 Å². The van der Waals surface area contributed by atoms with Crippen molar-refractivity contribution in [2.24, 2.45) is 0 Å². The molecule has 0 aromatic heterocycles. The van der Waals surface area contributed by atoms with E-state index < -0.39 is 5.97 Å². The van der Waals surface area contributed by atoms with Crippen molar-refractivity contribution in [3.8, 4) is 17.2 Å². The van der Waals surface area contributed by atoms with E-state index in [0.717, 1.165) is 0 Å². The van der Waals surface area contributed by atoms with Crippen LogP contribution >= 0.6 is 0 Å². The predicted octanol–water partition coefficient (Wildman–Crippen LogP) is 3.04. The molecule has 19 heavy (non-hydrogen) atoms. The van der Waals surface area contributed by atoms with Gasteiger partial charge in [0.05, 0.1) is 7.11 Å². The molecule has 1 N–H and O–H groups in total. The van der Waals surface area contributed by atoms with E-state index in [2.05, 4.69) is 0 Å². The third-order valence-electron chi connectivity index (χ3n) is 2.99. The van der Waals surface area contributed by atoms with Gasteiger partial charge in [-0.15, -0.1) is 0 Å². The fourth-order valence-corrected chi connectivity index (χ4v) is 2.22. The van der Waals surface area contributed by atoms with Crippen LogP contribution in [-0.2, 0) is 11.2 Å². The van der Waals surface area contributed by atoms with E-state index in [4.69, 9.17) is 9.47 Å². The lowest BCUT2D eigenvalue weighted by molar-refractivity contribution is -0.131. The lowest BCUT2D eigenvalue weighted by Gasteiger charge is -2.17. The number of hydrogen-bond donors (Lipinski definition) is 1. The van der Waals surface area contributed by atoms with Crippen LogP contribution < -0.4 is 9.47 Å². The lowest BCUT2D eigenvalue weighted by atomic mass is 10.0. The first kappa shape index (κ1) is 13.2. The maximum atomic E-state index is 11.3. The van der Waals surface area contributed by atoms with E-state index in [9.17, 15) is 9.90 Å². The Hall–Kier alpha value is -2.23. The van der Waals surface area contributed by atoms with E-state index in [0.29, 0.717) is 34.3 Å². The number of benzene rings is 2. The molecule has 4 heteroatoms. The number of phenols is 1. The van der Waals surface area contributed by atoms with Gasteiger partial charge in [0.2, 0.25) is 0 Å². The van der Waals surface area contributed by atoms with E-state index >= 15 is 0 Å². The third kappa shape index (κ3) is 2.21. The molecular weight excluding hydrogens is 244 g/mol. The Kier molecular flexibility index (Phi) is 3.60. The van der Waals surface area contributed by atoms with Crippen LogP contribution in [0.25, 0.3) is 10.8 Å². The van der Waals surface area contributed by atoms with Crippen LogP contribution in [0.15, 0.2) is 24.3 Å². The van der Waals surface area contributed by atoms with Crippen LogP contribution in [0.2, 0.25) is 0 Å². The molecule has 0 unspecified atom stereocenters. The summed E-state index contributed by atoms with van der Waals surface area (Å²) in [5.74, 6) is 0.496. The summed E-state index contributed by atoms with van der Waals surface area (Å²) in [6.07, 6.45) is 0.587. The van der Waals surface area contributed by atoms with Crippen LogP contribution in [0.5, 0.6) is 17.2 Å². The molecule has 2 aromatic rings. The highest BCUT2D eigenvalue weighted by Crippen LogP contribution is 2.45. The van der Waals surface area contributed by atoms with E-state index in [1.807, 2.05) is 25.1 Å². The van der Waals surface area contributed by atoms with E-state index in [-0.39, 0.29) is 5.75 Å². The highest BCUT2D eigenvalue weighted by molar-refractivity contribution is 5.98.